The molecule has 1 amide bonds. The fourth-order valence-corrected chi connectivity index (χ4v) is 3.92. The van der Waals surface area contributed by atoms with Crippen molar-refractivity contribution in [2.45, 2.75) is 39.2 Å². The molecule has 4 rings (SSSR count). The maximum Gasteiger partial charge on any atom is 0.359 e. The van der Waals surface area contributed by atoms with Gasteiger partial charge in [-0.1, -0.05) is 56.2 Å². The van der Waals surface area contributed by atoms with Crippen molar-refractivity contribution < 1.29 is 14.3 Å². The molecule has 0 atom stereocenters. The van der Waals surface area contributed by atoms with Crippen molar-refractivity contribution in [1.82, 2.24) is 9.78 Å². The molecular formula is C24H25N3O4. The molecular weight excluding hydrogens is 394 g/mol. The topological polar surface area (TPSA) is 81.5 Å². The van der Waals surface area contributed by atoms with Crippen LogP contribution in [0.4, 0.5) is 5.69 Å². The van der Waals surface area contributed by atoms with E-state index in [2.05, 4.69) is 12.0 Å². The number of aryl methyl sites for hydroxylation is 1. The van der Waals surface area contributed by atoms with Gasteiger partial charge in [-0.2, -0.15) is 5.10 Å². The van der Waals surface area contributed by atoms with Gasteiger partial charge in [-0.15, -0.1) is 0 Å². The van der Waals surface area contributed by atoms with Gasteiger partial charge < -0.3 is 9.64 Å². The Morgan fingerprint density at radius 3 is 2.58 bits per heavy atom. The molecule has 0 unspecified atom stereocenters. The number of rotatable bonds is 7. The van der Waals surface area contributed by atoms with Crippen molar-refractivity contribution in [1.29, 1.82) is 0 Å². The molecule has 1 aromatic heterocycles. The number of ether oxygens (including phenoxy) is 1. The number of nitrogens with zero attached hydrogens (tertiary/aromatic N) is 3. The highest BCUT2D eigenvalue weighted by Crippen LogP contribution is 2.27. The minimum atomic E-state index is -0.707. The number of esters is 1. The first-order valence-electron chi connectivity index (χ1n) is 10.7. The summed E-state index contributed by atoms with van der Waals surface area (Å²) in [4.78, 5) is 39.9. The van der Waals surface area contributed by atoms with Crippen LogP contribution in [-0.2, 0) is 22.5 Å². The van der Waals surface area contributed by atoms with Crippen LogP contribution < -0.4 is 10.5 Å². The molecule has 31 heavy (non-hydrogen) atoms. The summed E-state index contributed by atoms with van der Waals surface area (Å²) in [5.74, 6) is -0.986. The molecule has 2 aromatic carbocycles. The first-order valence-corrected chi connectivity index (χ1v) is 10.7. The van der Waals surface area contributed by atoms with Crippen LogP contribution >= 0.6 is 0 Å². The Bertz CT molecular complexity index is 1180. The third-order valence-corrected chi connectivity index (χ3v) is 5.55. The van der Waals surface area contributed by atoms with E-state index in [1.807, 2.05) is 24.3 Å². The molecule has 0 radical (unpaired) electrons. The minimum absolute atomic E-state index is 0.0568. The Labute approximate surface area is 180 Å². The number of carbonyl (C=O) groups excluding carboxylic acids is 2. The monoisotopic (exact) mass is 419 g/mol. The SMILES string of the molecule is CCCCCn1nc(C(=O)OCC(=O)N2CCc3ccccc32)c2ccccc2c1=O. The van der Waals surface area contributed by atoms with E-state index in [-0.39, 0.29) is 23.8 Å². The van der Waals surface area contributed by atoms with Crippen LogP contribution in [0.15, 0.2) is 53.3 Å². The maximum atomic E-state index is 12.8. The van der Waals surface area contributed by atoms with E-state index < -0.39 is 5.97 Å². The molecule has 0 saturated carbocycles. The maximum absolute atomic E-state index is 12.8. The van der Waals surface area contributed by atoms with E-state index in [4.69, 9.17) is 4.74 Å². The van der Waals surface area contributed by atoms with Crippen LogP contribution in [0.5, 0.6) is 0 Å². The minimum Gasteiger partial charge on any atom is -0.451 e. The number of anilines is 1. The van der Waals surface area contributed by atoms with Gasteiger partial charge in [0.1, 0.15) is 0 Å². The Morgan fingerprint density at radius 2 is 1.77 bits per heavy atom. The van der Waals surface area contributed by atoms with Crippen molar-refractivity contribution in [3.8, 4) is 0 Å². The van der Waals surface area contributed by atoms with Crippen LogP contribution in [-0.4, -0.2) is 34.8 Å². The summed E-state index contributed by atoms with van der Waals surface area (Å²) >= 11 is 0. The normalized spacial score (nSPS) is 12.7. The van der Waals surface area contributed by atoms with Crippen LogP contribution in [0.25, 0.3) is 10.8 Å². The predicted octanol–water partition coefficient (Wildman–Crippen LogP) is 3.33. The zero-order valence-corrected chi connectivity index (χ0v) is 17.5. The van der Waals surface area contributed by atoms with Crippen LogP contribution in [0.1, 0.15) is 42.2 Å². The summed E-state index contributed by atoms with van der Waals surface area (Å²) < 4.78 is 6.66. The molecule has 7 heteroatoms. The van der Waals surface area contributed by atoms with Gasteiger partial charge in [-0.3, -0.25) is 9.59 Å². The summed E-state index contributed by atoms with van der Waals surface area (Å²) in [5.41, 5.74) is 1.79. The first-order chi connectivity index (χ1) is 15.1. The van der Waals surface area contributed by atoms with Gasteiger partial charge >= 0.3 is 5.97 Å². The predicted molar refractivity (Wildman–Crippen MR) is 118 cm³/mol. The second-order valence-electron chi connectivity index (χ2n) is 7.63. The van der Waals surface area contributed by atoms with Gasteiger partial charge in [0.25, 0.3) is 11.5 Å². The van der Waals surface area contributed by atoms with Gasteiger partial charge in [0.2, 0.25) is 0 Å². The van der Waals surface area contributed by atoms with E-state index in [0.717, 1.165) is 36.9 Å². The van der Waals surface area contributed by atoms with E-state index in [1.165, 1.54) is 4.68 Å². The summed E-state index contributed by atoms with van der Waals surface area (Å²) in [6.07, 6.45) is 3.55. The van der Waals surface area contributed by atoms with Crippen molar-refractivity contribution in [2.75, 3.05) is 18.1 Å². The number of hydrogen-bond acceptors (Lipinski definition) is 5. The van der Waals surface area contributed by atoms with E-state index in [0.29, 0.717) is 23.9 Å². The fourth-order valence-electron chi connectivity index (χ4n) is 3.92. The summed E-state index contributed by atoms with van der Waals surface area (Å²) in [6, 6.07) is 14.6. The van der Waals surface area contributed by atoms with E-state index in [1.54, 1.807) is 29.2 Å². The number of hydrogen-bond donors (Lipinski definition) is 0. The molecule has 0 bridgehead atoms. The van der Waals surface area contributed by atoms with Gasteiger partial charge in [0.05, 0.1) is 5.39 Å². The van der Waals surface area contributed by atoms with E-state index >= 15 is 0 Å². The second-order valence-corrected chi connectivity index (χ2v) is 7.63. The number of unbranched alkanes of at least 4 members (excludes halogenated alkanes) is 2. The third kappa shape index (κ3) is 4.21. The molecule has 160 valence electrons. The van der Waals surface area contributed by atoms with Crippen molar-refractivity contribution in [3.63, 3.8) is 0 Å². The number of carbonyl (C=O) groups is 2. The lowest BCUT2D eigenvalue weighted by molar-refractivity contribution is -0.121. The Hall–Kier alpha value is -3.48. The number of aromatic nitrogens is 2. The van der Waals surface area contributed by atoms with Crippen LogP contribution in [0.3, 0.4) is 0 Å². The number of fused-ring (bicyclic) bond motifs is 2. The molecule has 3 aromatic rings. The molecule has 0 fully saturated rings. The van der Waals surface area contributed by atoms with Gasteiger partial charge in [-0.05, 0) is 30.5 Å². The Morgan fingerprint density at radius 1 is 1.03 bits per heavy atom. The van der Waals surface area contributed by atoms with Crippen LogP contribution in [0.2, 0.25) is 0 Å². The number of benzene rings is 2. The van der Waals surface area contributed by atoms with E-state index in [9.17, 15) is 14.4 Å². The fraction of sp³-hybridized carbons (Fsp3) is 0.333. The molecule has 1 aliphatic rings. The number of amides is 1. The molecule has 0 spiro atoms. The highest BCUT2D eigenvalue weighted by molar-refractivity contribution is 6.03. The number of para-hydroxylation sites is 1. The zero-order chi connectivity index (χ0) is 21.8. The molecule has 2 heterocycles. The Balaban J connectivity index is 1.54. The highest BCUT2D eigenvalue weighted by atomic mass is 16.5. The summed E-state index contributed by atoms with van der Waals surface area (Å²) in [6.45, 7) is 2.70. The van der Waals surface area contributed by atoms with Crippen LogP contribution in [0, 0.1) is 0 Å². The lowest BCUT2D eigenvalue weighted by atomic mass is 10.1. The van der Waals surface area contributed by atoms with Crippen molar-refractivity contribution in [3.05, 3.63) is 70.1 Å². The first kappa shape index (κ1) is 20.8. The lowest BCUT2D eigenvalue weighted by Crippen LogP contribution is -2.33. The third-order valence-electron chi connectivity index (χ3n) is 5.55. The summed E-state index contributed by atoms with van der Waals surface area (Å²) in [7, 11) is 0. The molecule has 0 N–H and O–H groups in total. The van der Waals surface area contributed by atoms with Gasteiger partial charge in [0.15, 0.2) is 12.3 Å². The molecule has 7 nitrogen and oxygen atoms in total. The Kier molecular flexibility index (Phi) is 6.11. The van der Waals surface area contributed by atoms with Gasteiger partial charge in [0, 0.05) is 24.2 Å². The quantitative estimate of drug-likeness (QED) is 0.433. The zero-order valence-electron chi connectivity index (χ0n) is 17.5. The second kappa shape index (κ2) is 9.12. The van der Waals surface area contributed by atoms with Gasteiger partial charge in [-0.25, -0.2) is 9.48 Å². The smallest absolute Gasteiger partial charge is 0.359 e. The van der Waals surface area contributed by atoms with Crippen molar-refractivity contribution >= 4 is 28.3 Å². The highest BCUT2D eigenvalue weighted by Gasteiger charge is 2.26. The standard InChI is InChI=1S/C24H25N3O4/c1-2-3-8-14-27-23(29)19-11-6-5-10-18(19)22(25-27)24(30)31-16-21(28)26-15-13-17-9-4-7-12-20(17)26/h4-7,9-12H,2-3,8,13-16H2,1H3. The average Bonchev–Trinajstić information content (AvgIpc) is 3.23. The molecule has 1 aliphatic heterocycles. The summed E-state index contributed by atoms with van der Waals surface area (Å²) in [5, 5.41) is 5.14. The molecule has 0 saturated heterocycles. The lowest BCUT2D eigenvalue weighted by Gasteiger charge is -2.17. The molecule has 0 aliphatic carbocycles. The van der Waals surface area contributed by atoms with Crippen molar-refractivity contribution in [2.24, 2.45) is 0 Å². The average molecular weight is 419 g/mol. The largest absolute Gasteiger partial charge is 0.451 e.